The Morgan fingerprint density at radius 1 is 1.20 bits per heavy atom. The lowest BCUT2D eigenvalue weighted by molar-refractivity contribution is -0.385. The van der Waals surface area contributed by atoms with Crippen LogP contribution >= 0.6 is 0 Å². The van der Waals surface area contributed by atoms with E-state index in [9.17, 15) is 24.5 Å². The molecule has 3 heterocycles. The second-order valence-electron chi connectivity index (χ2n) is 6.02. The second-order valence-corrected chi connectivity index (χ2v) is 6.02. The Kier molecular flexibility index (Phi) is 3.22. The van der Waals surface area contributed by atoms with Crippen molar-refractivity contribution in [2.45, 2.75) is 19.1 Å². The predicted octanol–water partition coefficient (Wildman–Crippen LogP) is 0.963. The minimum absolute atomic E-state index is 0.0754. The molecule has 9 nitrogen and oxygen atoms in total. The Morgan fingerprint density at radius 2 is 1.80 bits per heavy atom. The van der Waals surface area contributed by atoms with E-state index in [1.807, 2.05) is 0 Å². The molecule has 0 saturated carbocycles. The van der Waals surface area contributed by atoms with Crippen molar-refractivity contribution in [1.82, 2.24) is 0 Å². The number of carbonyl (C=O) groups is 3. The first kappa shape index (κ1) is 15.5. The van der Waals surface area contributed by atoms with Crippen molar-refractivity contribution in [3.8, 4) is 5.75 Å². The van der Waals surface area contributed by atoms with E-state index in [4.69, 9.17) is 9.47 Å². The van der Waals surface area contributed by atoms with Gasteiger partial charge in [0.05, 0.1) is 34.7 Å². The molecule has 2 amide bonds. The average molecular weight is 344 g/mol. The van der Waals surface area contributed by atoms with E-state index in [0.29, 0.717) is 0 Å². The molecule has 9 heteroatoms. The van der Waals surface area contributed by atoms with Crippen molar-refractivity contribution >= 4 is 29.2 Å². The summed E-state index contributed by atoms with van der Waals surface area (Å²) >= 11 is 0. The molecule has 0 spiro atoms. The van der Waals surface area contributed by atoms with E-state index >= 15 is 0 Å². The molecule has 0 N–H and O–H groups in total. The Balaban J connectivity index is 1.72. The lowest BCUT2D eigenvalue weighted by Gasteiger charge is -2.17. The number of hydrogen-bond acceptors (Lipinski definition) is 7. The van der Waals surface area contributed by atoms with Gasteiger partial charge in [-0.1, -0.05) is 12.2 Å². The van der Waals surface area contributed by atoms with Gasteiger partial charge in [0.2, 0.25) is 17.6 Å². The van der Waals surface area contributed by atoms with Crippen molar-refractivity contribution in [3.63, 3.8) is 0 Å². The van der Waals surface area contributed by atoms with Crippen LogP contribution in [0.4, 0.5) is 11.4 Å². The quantitative estimate of drug-likeness (QED) is 0.200. The number of fused-ring (bicyclic) bond motifs is 5. The first-order valence-electron chi connectivity index (χ1n) is 7.57. The summed E-state index contributed by atoms with van der Waals surface area (Å²) in [6.45, 7) is 1.12. The Bertz CT molecular complexity index is 832. The molecule has 128 valence electrons. The lowest BCUT2D eigenvalue weighted by atomic mass is 9.85. The molecule has 0 aromatic heterocycles. The zero-order valence-corrected chi connectivity index (χ0v) is 12.9. The van der Waals surface area contributed by atoms with Crippen LogP contribution in [-0.4, -0.2) is 34.9 Å². The maximum atomic E-state index is 12.7. The molecule has 0 radical (unpaired) electrons. The second kappa shape index (κ2) is 5.21. The molecule has 1 aromatic rings. The van der Waals surface area contributed by atoms with E-state index in [0.717, 1.165) is 17.9 Å². The Labute approximate surface area is 140 Å². The third-order valence-corrected chi connectivity index (χ3v) is 4.56. The van der Waals surface area contributed by atoms with E-state index in [-0.39, 0.29) is 11.4 Å². The number of esters is 1. The number of nitro benzene ring substituents is 1. The summed E-state index contributed by atoms with van der Waals surface area (Å²) in [5.41, 5.74) is -0.422. The van der Waals surface area contributed by atoms with Crippen LogP contribution in [0.1, 0.15) is 6.92 Å². The summed E-state index contributed by atoms with van der Waals surface area (Å²) in [6, 6.07) is 3.61. The third-order valence-electron chi connectivity index (χ3n) is 4.56. The van der Waals surface area contributed by atoms with E-state index in [2.05, 4.69) is 0 Å². The van der Waals surface area contributed by atoms with Crippen molar-refractivity contribution < 1.29 is 28.8 Å². The number of amides is 2. The van der Waals surface area contributed by atoms with Crippen LogP contribution in [0.25, 0.3) is 0 Å². The summed E-state index contributed by atoms with van der Waals surface area (Å²) in [4.78, 5) is 47.9. The lowest BCUT2D eigenvalue weighted by Crippen LogP contribution is -2.34. The highest BCUT2D eigenvalue weighted by molar-refractivity contribution is 6.23. The fourth-order valence-corrected chi connectivity index (χ4v) is 3.59. The zero-order valence-electron chi connectivity index (χ0n) is 12.9. The molecule has 0 unspecified atom stereocenters. The van der Waals surface area contributed by atoms with Gasteiger partial charge in [0, 0.05) is 13.0 Å². The van der Waals surface area contributed by atoms with Gasteiger partial charge in [-0.15, -0.1) is 0 Å². The number of ether oxygens (including phenoxy) is 2. The van der Waals surface area contributed by atoms with Gasteiger partial charge in [-0.05, 0) is 12.1 Å². The Hall–Kier alpha value is -3.07. The summed E-state index contributed by atoms with van der Waals surface area (Å²) in [5.74, 6) is -3.05. The maximum absolute atomic E-state index is 12.7. The number of hydrogen-bond donors (Lipinski definition) is 0. The number of nitrogens with zero attached hydrogens (tertiary/aromatic N) is 2. The molecule has 0 aliphatic carbocycles. The molecule has 4 atom stereocenters. The minimum atomic E-state index is -0.734. The van der Waals surface area contributed by atoms with Crippen LogP contribution in [0.2, 0.25) is 0 Å². The monoisotopic (exact) mass is 344 g/mol. The van der Waals surface area contributed by atoms with Crippen LogP contribution in [0.5, 0.6) is 5.75 Å². The number of anilines is 1. The van der Waals surface area contributed by atoms with E-state index in [1.165, 1.54) is 12.1 Å². The van der Waals surface area contributed by atoms with Gasteiger partial charge in [0.25, 0.3) is 0 Å². The van der Waals surface area contributed by atoms with Gasteiger partial charge in [0.15, 0.2) is 0 Å². The largest absolute Gasteiger partial charge is 0.419 e. The predicted molar refractivity (Wildman–Crippen MR) is 81.7 cm³/mol. The molecule has 2 bridgehead atoms. The Morgan fingerprint density at radius 3 is 2.32 bits per heavy atom. The number of rotatable bonds is 3. The van der Waals surface area contributed by atoms with Gasteiger partial charge in [-0.25, -0.2) is 4.90 Å². The molecule has 2 fully saturated rings. The fourth-order valence-electron chi connectivity index (χ4n) is 3.59. The van der Waals surface area contributed by atoms with Crippen LogP contribution in [-0.2, 0) is 19.1 Å². The van der Waals surface area contributed by atoms with Crippen molar-refractivity contribution in [1.29, 1.82) is 0 Å². The SMILES string of the molecule is CC(=O)Oc1ccc(N2C(=O)[C@@H]3[C@H](C2=O)[C@@H]2C=C[C@@H]3O2)cc1[N+](=O)[O-]. The van der Waals surface area contributed by atoms with E-state index in [1.54, 1.807) is 12.2 Å². The fraction of sp³-hybridized carbons (Fsp3) is 0.312. The molecule has 1 aromatic carbocycles. The smallest absolute Gasteiger partial charge is 0.313 e. The summed E-state index contributed by atoms with van der Waals surface area (Å²) < 4.78 is 10.3. The molecule has 2 saturated heterocycles. The van der Waals surface area contributed by atoms with Crippen LogP contribution in [0.3, 0.4) is 0 Å². The maximum Gasteiger partial charge on any atom is 0.313 e. The first-order chi connectivity index (χ1) is 11.9. The van der Waals surface area contributed by atoms with Crippen molar-refractivity contribution in [3.05, 3.63) is 40.5 Å². The molecule has 25 heavy (non-hydrogen) atoms. The van der Waals surface area contributed by atoms with Gasteiger partial charge in [0.1, 0.15) is 0 Å². The third kappa shape index (κ3) is 2.16. The standard InChI is InChI=1S/C16H12N2O7/c1-7(19)24-10-3-2-8(6-9(10)18(22)23)17-15(20)13-11-4-5-12(25-11)14(13)16(17)21/h2-6,11-14H,1H3/t11-,12-,13-,14+/m0/s1. The highest BCUT2D eigenvalue weighted by Crippen LogP contribution is 2.47. The van der Waals surface area contributed by atoms with E-state index < -0.39 is 52.4 Å². The van der Waals surface area contributed by atoms with Gasteiger partial charge >= 0.3 is 11.7 Å². The van der Waals surface area contributed by atoms with Crippen LogP contribution < -0.4 is 9.64 Å². The molecule has 3 aliphatic rings. The van der Waals surface area contributed by atoms with Crippen LogP contribution in [0, 0.1) is 22.0 Å². The normalized spacial score (nSPS) is 29.2. The highest BCUT2D eigenvalue weighted by Gasteiger charge is 2.61. The molecule has 3 aliphatic heterocycles. The van der Waals surface area contributed by atoms with Crippen molar-refractivity contribution in [2.24, 2.45) is 11.8 Å². The molecule has 4 rings (SSSR count). The number of benzene rings is 1. The minimum Gasteiger partial charge on any atom is -0.419 e. The number of imide groups is 1. The van der Waals surface area contributed by atoms with Crippen LogP contribution in [0.15, 0.2) is 30.4 Å². The molecular weight excluding hydrogens is 332 g/mol. The summed E-state index contributed by atoms with van der Waals surface area (Å²) in [6.07, 6.45) is 2.64. The average Bonchev–Trinajstić information content (AvgIpc) is 3.21. The van der Waals surface area contributed by atoms with Gasteiger partial charge < -0.3 is 9.47 Å². The zero-order chi connectivity index (χ0) is 17.9. The van der Waals surface area contributed by atoms with Gasteiger partial charge in [-0.2, -0.15) is 0 Å². The number of carbonyl (C=O) groups excluding carboxylic acids is 3. The first-order valence-corrected chi connectivity index (χ1v) is 7.57. The molecular formula is C16H12N2O7. The summed E-state index contributed by atoms with van der Waals surface area (Å²) in [5, 5.41) is 11.2. The number of nitro groups is 1. The topological polar surface area (TPSA) is 116 Å². The highest BCUT2D eigenvalue weighted by atomic mass is 16.6. The van der Waals surface area contributed by atoms with Crippen molar-refractivity contribution in [2.75, 3.05) is 4.90 Å². The van der Waals surface area contributed by atoms with Gasteiger partial charge in [-0.3, -0.25) is 24.5 Å². The summed E-state index contributed by atoms with van der Waals surface area (Å²) in [7, 11) is 0.